The highest BCUT2D eigenvalue weighted by atomic mass is 16.5. The normalized spacial score (nSPS) is 17.0. The fraction of sp³-hybridized carbons (Fsp3) is 0.222. The molecule has 0 bridgehead atoms. The second-order valence-corrected chi connectivity index (χ2v) is 6.06. The zero-order valence-electron chi connectivity index (χ0n) is 13.8. The van der Waals surface area contributed by atoms with Gasteiger partial charge in [-0.15, -0.1) is 0 Å². The van der Waals surface area contributed by atoms with Gasteiger partial charge in [0, 0.05) is 24.1 Å². The zero-order chi connectivity index (χ0) is 17.3. The molecule has 5 rings (SSSR count). The van der Waals surface area contributed by atoms with Gasteiger partial charge < -0.3 is 19.3 Å². The maximum atomic E-state index is 5.93. The number of rotatable bonds is 4. The Balaban J connectivity index is 1.49. The Kier molecular flexibility index (Phi) is 3.60. The number of ether oxygens (including phenoxy) is 2. The summed E-state index contributed by atoms with van der Waals surface area (Å²) in [7, 11) is 0. The summed E-state index contributed by atoms with van der Waals surface area (Å²) >= 11 is 0. The first-order chi connectivity index (χ1) is 12.8. The second kappa shape index (κ2) is 6.23. The van der Waals surface area contributed by atoms with E-state index < -0.39 is 0 Å². The van der Waals surface area contributed by atoms with Gasteiger partial charge in [-0.1, -0.05) is 5.16 Å². The average molecular weight is 349 g/mol. The summed E-state index contributed by atoms with van der Waals surface area (Å²) in [5.41, 5.74) is 1.88. The van der Waals surface area contributed by atoms with Crippen LogP contribution in [0.4, 0.5) is 0 Å². The topological polar surface area (TPSA) is 95.2 Å². The maximum Gasteiger partial charge on any atom is 0.249 e. The molecule has 1 aliphatic rings. The van der Waals surface area contributed by atoms with E-state index in [1.54, 1.807) is 12.3 Å². The lowest BCUT2D eigenvalue weighted by Gasteiger charge is -2.12. The molecule has 0 aliphatic carbocycles. The fourth-order valence-corrected chi connectivity index (χ4v) is 2.96. The summed E-state index contributed by atoms with van der Waals surface area (Å²) in [6.07, 6.45) is 4.20. The number of fused-ring (bicyclic) bond motifs is 2. The number of nitrogens with zero attached hydrogens (tertiary/aromatic N) is 4. The Morgan fingerprint density at radius 2 is 2.15 bits per heavy atom. The molecule has 1 aromatic carbocycles. The van der Waals surface area contributed by atoms with Crippen molar-refractivity contribution < 1.29 is 14.0 Å². The average Bonchev–Trinajstić information content (AvgIpc) is 3.33. The lowest BCUT2D eigenvalue weighted by atomic mass is 10.2. The van der Waals surface area contributed by atoms with Gasteiger partial charge in [0.05, 0.1) is 11.7 Å². The van der Waals surface area contributed by atoms with E-state index in [1.165, 1.54) is 6.33 Å². The third-order valence-electron chi connectivity index (χ3n) is 4.27. The summed E-state index contributed by atoms with van der Waals surface area (Å²) in [5, 5.41) is 7.95. The zero-order valence-corrected chi connectivity index (χ0v) is 13.8. The summed E-state index contributed by atoms with van der Waals surface area (Å²) < 4.78 is 17.0. The van der Waals surface area contributed by atoms with Gasteiger partial charge in [0.1, 0.15) is 18.2 Å². The van der Waals surface area contributed by atoms with Gasteiger partial charge in [0.25, 0.3) is 0 Å². The molecule has 0 saturated carbocycles. The fourth-order valence-electron chi connectivity index (χ4n) is 2.96. The highest BCUT2D eigenvalue weighted by Crippen LogP contribution is 2.29. The van der Waals surface area contributed by atoms with E-state index in [4.69, 9.17) is 14.0 Å². The van der Waals surface area contributed by atoms with Crippen LogP contribution in [0.5, 0.6) is 17.5 Å². The minimum Gasteiger partial charge on any atom is -0.473 e. The molecule has 4 heterocycles. The van der Waals surface area contributed by atoms with Crippen molar-refractivity contribution in [2.45, 2.75) is 12.5 Å². The Hall–Kier alpha value is -3.26. The molecule has 3 aromatic heterocycles. The van der Waals surface area contributed by atoms with Crippen LogP contribution in [0.3, 0.4) is 0 Å². The van der Waals surface area contributed by atoms with Gasteiger partial charge in [-0.3, -0.25) is 0 Å². The van der Waals surface area contributed by atoms with Crippen LogP contribution in [-0.4, -0.2) is 39.3 Å². The molecule has 130 valence electrons. The van der Waals surface area contributed by atoms with Crippen LogP contribution in [0.1, 0.15) is 6.42 Å². The third kappa shape index (κ3) is 2.80. The van der Waals surface area contributed by atoms with Gasteiger partial charge in [-0.25, -0.2) is 9.97 Å². The quantitative estimate of drug-likeness (QED) is 0.601. The van der Waals surface area contributed by atoms with Crippen LogP contribution in [0.2, 0.25) is 0 Å². The van der Waals surface area contributed by atoms with Crippen molar-refractivity contribution in [2.24, 2.45) is 0 Å². The van der Waals surface area contributed by atoms with Crippen molar-refractivity contribution in [1.82, 2.24) is 25.4 Å². The molecular formula is C18H15N5O3. The Labute approximate surface area is 148 Å². The lowest BCUT2D eigenvalue weighted by molar-refractivity contribution is 0.214. The molecule has 8 heteroatoms. The lowest BCUT2D eigenvalue weighted by Crippen LogP contribution is -2.20. The van der Waals surface area contributed by atoms with Gasteiger partial charge in [0.2, 0.25) is 11.8 Å². The van der Waals surface area contributed by atoms with Crippen LogP contribution in [-0.2, 0) is 0 Å². The molecule has 0 spiro atoms. The Morgan fingerprint density at radius 3 is 3.08 bits per heavy atom. The second-order valence-electron chi connectivity index (χ2n) is 6.06. The molecule has 0 radical (unpaired) electrons. The van der Waals surface area contributed by atoms with Crippen molar-refractivity contribution in [3.63, 3.8) is 0 Å². The number of pyridine rings is 1. The molecule has 4 aromatic rings. The van der Waals surface area contributed by atoms with Crippen molar-refractivity contribution in [2.75, 3.05) is 13.1 Å². The van der Waals surface area contributed by atoms with Gasteiger partial charge in [0.15, 0.2) is 11.1 Å². The summed E-state index contributed by atoms with van der Waals surface area (Å²) in [6.45, 7) is 1.78. The molecule has 1 aliphatic heterocycles. The molecule has 26 heavy (non-hydrogen) atoms. The molecule has 1 N–H and O–H groups in total. The van der Waals surface area contributed by atoms with Crippen LogP contribution < -0.4 is 14.8 Å². The van der Waals surface area contributed by atoms with E-state index in [9.17, 15) is 0 Å². The predicted octanol–water partition coefficient (Wildman–Crippen LogP) is 2.70. The van der Waals surface area contributed by atoms with Gasteiger partial charge in [-0.05, 0) is 31.2 Å². The number of hydrogen-bond donors (Lipinski definition) is 1. The minimum absolute atomic E-state index is 0.128. The van der Waals surface area contributed by atoms with Crippen LogP contribution in [0.25, 0.3) is 22.0 Å². The number of benzene rings is 1. The van der Waals surface area contributed by atoms with Gasteiger partial charge in [-0.2, -0.15) is 4.98 Å². The van der Waals surface area contributed by atoms with E-state index in [0.29, 0.717) is 34.1 Å². The van der Waals surface area contributed by atoms with E-state index in [0.717, 1.165) is 24.9 Å². The van der Waals surface area contributed by atoms with Crippen LogP contribution in [0.15, 0.2) is 47.4 Å². The van der Waals surface area contributed by atoms with Gasteiger partial charge >= 0.3 is 0 Å². The monoisotopic (exact) mass is 349 g/mol. The smallest absolute Gasteiger partial charge is 0.249 e. The number of aromatic nitrogens is 4. The first kappa shape index (κ1) is 15.0. The Bertz CT molecular complexity index is 1070. The third-order valence-corrected chi connectivity index (χ3v) is 4.27. The number of nitrogens with one attached hydrogen (secondary N) is 1. The van der Waals surface area contributed by atoms with Crippen molar-refractivity contribution >= 4 is 22.0 Å². The summed E-state index contributed by atoms with van der Waals surface area (Å²) in [6, 6.07) is 9.14. The first-order valence-electron chi connectivity index (χ1n) is 8.36. The van der Waals surface area contributed by atoms with E-state index in [-0.39, 0.29) is 6.10 Å². The standard InChI is InChI=1S/C18H15N5O3/c1-2-12(7-15-11(1)8-22-26-15)25-18-17-14(20-10-21-18)3-4-16(23-17)24-13-5-6-19-9-13/h1-4,7-8,10,13,19H,5-6,9H2. The van der Waals surface area contributed by atoms with E-state index in [2.05, 4.69) is 25.4 Å². The van der Waals surface area contributed by atoms with E-state index in [1.807, 2.05) is 24.3 Å². The minimum atomic E-state index is 0.128. The molecular weight excluding hydrogens is 334 g/mol. The van der Waals surface area contributed by atoms with Crippen LogP contribution >= 0.6 is 0 Å². The van der Waals surface area contributed by atoms with Crippen molar-refractivity contribution in [3.8, 4) is 17.5 Å². The highest BCUT2D eigenvalue weighted by molar-refractivity contribution is 5.80. The molecule has 1 saturated heterocycles. The first-order valence-corrected chi connectivity index (χ1v) is 8.36. The molecule has 0 amide bonds. The predicted molar refractivity (Wildman–Crippen MR) is 93.3 cm³/mol. The molecule has 1 fully saturated rings. The summed E-state index contributed by atoms with van der Waals surface area (Å²) in [5.74, 6) is 1.49. The van der Waals surface area contributed by atoms with E-state index >= 15 is 0 Å². The molecule has 1 unspecified atom stereocenters. The van der Waals surface area contributed by atoms with Crippen molar-refractivity contribution in [1.29, 1.82) is 0 Å². The maximum absolute atomic E-state index is 5.93. The number of hydrogen-bond acceptors (Lipinski definition) is 8. The SMILES string of the molecule is c1nc(Oc2ccc3cnoc3c2)c2nc(OC3CCNC3)ccc2n1. The largest absolute Gasteiger partial charge is 0.473 e. The molecule has 8 nitrogen and oxygen atoms in total. The highest BCUT2D eigenvalue weighted by Gasteiger charge is 2.17. The Morgan fingerprint density at radius 1 is 1.15 bits per heavy atom. The van der Waals surface area contributed by atoms with Crippen LogP contribution in [0, 0.1) is 0 Å². The van der Waals surface area contributed by atoms with Crippen molar-refractivity contribution in [3.05, 3.63) is 42.9 Å². The molecule has 1 atom stereocenters. The summed E-state index contributed by atoms with van der Waals surface area (Å²) in [4.78, 5) is 13.0.